The van der Waals surface area contributed by atoms with Crippen LogP contribution in [0.3, 0.4) is 0 Å². The second kappa shape index (κ2) is 6.00. The lowest BCUT2D eigenvalue weighted by molar-refractivity contribution is 0.315. The Morgan fingerprint density at radius 1 is 1.35 bits per heavy atom. The first-order chi connectivity index (χ1) is 8.29. The molecule has 0 unspecified atom stereocenters. The SMILES string of the molecule is CNCc1occc1CN(C)Cc1ccsc1. The van der Waals surface area contributed by atoms with Gasteiger partial charge in [-0.25, -0.2) is 0 Å². The van der Waals surface area contributed by atoms with Gasteiger partial charge >= 0.3 is 0 Å². The molecule has 0 saturated heterocycles. The summed E-state index contributed by atoms with van der Waals surface area (Å²) in [6.07, 6.45) is 1.76. The quantitative estimate of drug-likeness (QED) is 0.854. The largest absolute Gasteiger partial charge is 0.468 e. The average molecular weight is 250 g/mol. The van der Waals surface area contributed by atoms with Crippen molar-refractivity contribution in [2.45, 2.75) is 19.6 Å². The van der Waals surface area contributed by atoms with Crippen LogP contribution in [-0.2, 0) is 19.6 Å². The molecule has 0 aliphatic carbocycles. The van der Waals surface area contributed by atoms with Gasteiger partial charge in [-0.15, -0.1) is 0 Å². The van der Waals surface area contributed by atoms with Gasteiger partial charge in [0.2, 0.25) is 0 Å². The number of rotatable bonds is 6. The topological polar surface area (TPSA) is 28.4 Å². The van der Waals surface area contributed by atoms with Crippen LogP contribution >= 0.6 is 11.3 Å². The lowest BCUT2D eigenvalue weighted by Crippen LogP contribution is -2.18. The molecule has 0 spiro atoms. The van der Waals surface area contributed by atoms with Crippen molar-refractivity contribution >= 4 is 11.3 Å². The zero-order valence-corrected chi connectivity index (χ0v) is 11.1. The summed E-state index contributed by atoms with van der Waals surface area (Å²) in [5.41, 5.74) is 2.63. The summed E-state index contributed by atoms with van der Waals surface area (Å²) < 4.78 is 5.45. The maximum atomic E-state index is 5.45. The number of nitrogens with one attached hydrogen (secondary N) is 1. The number of hydrogen-bond donors (Lipinski definition) is 1. The van der Waals surface area contributed by atoms with Crippen LogP contribution in [0.25, 0.3) is 0 Å². The van der Waals surface area contributed by atoms with Gasteiger partial charge in [0, 0.05) is 18.7 Å². The van der Waals surface area contributed by atoms with Crippen molar-refractivity contribution < 1.29 is 4.42 Å². The first kappa shape index (κ1) is 12.4. The van der Waals surface area contributed by atoms with Crippen molar-refractivity contribution in [2.24, 2.45) is 0 Å². The third kappa shape index (κ3) is 3.43. The van der Waals surface area contributed by atoms with E-state index in [9.17, 15) is 0 Å². The van der Waals surface area contributed by atoms with Gasteiger partial charge in [-0.1, -0.05) is 0 Å². The van der Waals surface area contributed by atoms with E-state index in [0.29, 0.717) is 0 Å². The average Bonchev–Trinajstić information content (AvgIpc) is 2.92. The molecule has 0 fully saturated rings. The molecule has 17 heavy (non-hydrogen) atoms. The Bertz CT molecular complexity index is 436. The molecule has 0 aliphatic rings. The molecule has 0 bridgehead atoms. The second-order valence-corrected chi connectivity index (χ2v) is 4.98. The minimum absolute atomic E-state index is 0.786. The summed E-state index contributed by atoms with van der Waals surface area (Å²) in [6, 6.07) is 4.22. The van der Waals surface area contributed by atoms with Gasteiger partial charge in [0.25, 0.3) is 0 Å². The van der Waals surface area contributed by atoms with Crippen molar-refractivity contribution in [3.05, 3.63) is 46.0 Å². The lowest BCUT2D eigenvalue weighted by atomic mass is 10.2. The van der Waals surface area contributed by atoms with Crippen molar-refractivity contribution in [3.8, 4) is 0 Å². The van der Waals surface area contributed by atoms with Crippen LogP contribution in [0.15, 0.2) is 33.6 Å². The molecule has 0 aliphatic heterocycles. The van der Waals surface area contributed by atoms with E-state index in [2.05, 4.69) is 40.2 Å². The molecule has 92 valence electrons. The Kier molecular flexibility index (Phi) is 4.36. The normalized spacial score (nSPS) is 11.2. The van der Waals surface area contributed by atoms with Gasteiger partial charge in [-0.3, -0.25) is 4.90 Å². The summed E-state index contributed by atoms with van der Waals surface area (Å²) >= 11 is 1.75. The molecule has 0 atom stereocenters. The molecular weight excluding hydrogens is 232 g/mol. The van der Waals surface area contributed by atoms with E-state index in [4.69, 9.17) is 4.42 Å². The predicted molar refractivity (Wildman–Crippen MR) is 71.0 cm³/mol. The Morgan fingerprint density at radius 3 is 2.94 bits per heavy atom. The number of hydrogen-bond acceptors (Lipinski definition) is 4. The molecule has 0 amide bonds. The third-order valence-corrected chi connectivity index (χ3v) is 3.38. The molecule has 0 saturated carbocycles. The van der Waals surface area contributed by atoms with Crippen molar-refractivity contribution in [1.29, 1.82) is 0 Å². The van der Waals surface area contributed by atoms with Crippen LogP contribution in [-0.4, -0.2) is 19.0 Å². The van der Waals surface area contributed by atoms with Gasteiger partial charge in [-0.05, 0) is 42.6 Å². The van der Waals surface area contributed by atoms with Gasteiger partial charge in [-0.2, -0.15) is 11.3 Å². The Morgan fingerprint density at radius 2 is 2.24 bits per heavy atom. The van der Waals surface area contributed by atoms with E-state index < -0.39 is 0 Å². The minimum Gasteiger partial charge on any atom is -0.468 e. The van der Waals surface area contributed by atoms with Crippen LogP contribution in [0, 0.1) is 0 Å². The minimum atomic E-state index is 0.786. The van der Waals surface area contributed by atoms with Gasteiger partial charge in [0.1, 0.15) is 5.76 Å². The number of furan rings is 1. The molecule has 2 aromatic heterocycles. The Balaban J connectivity index is 1.93. The van der Waals surface area contributed by atoms with Crippen molar-refractivity contribution in [3.63, 3.8) is 0 Å². The lowest BCUT2D eigenvalue weighted by Gasteiger charge is -2.15. The predicted octanol–water partition coefficient (Wildman–Crippen LogP) is 2.69. The van der Waals surface area contributed by atoms with Crippen LogP contribution in [0.1, 0.15) is 16.9 Å². The standard InChI is InChI=1S/C13H18N2OS/c1-14-7-13-12(3-5-16-13)9-15(2)8-11-4-6-17-10-11/h3-6,10,14H,7-9H2,1-2H3. The number of thiophene rings is 1. The van der Waals surface area contributed by atoms with E-state index in [0.717, 1.165) is 25.4 Å². The first-order valence-electron chi connectivity index (χ1n) is 5.69. The maximum Gasteiger partial charge on any atom is 0.122 e. The first-order valence-corrected chi connectivity index (χ1v) is 6.63. The molecule has 2 rings (SSSR count). The summed E-state index contributed by atoms with van der Waals surface area (Å²) in [6.45, 7) is 2.69. The smallest absolute Gasteiger partial charge is 0.122 e. The van der Waals surface area contributed by atoms with E-state index in [1.165, 1.54) is 11.1 Å². The third-order valence-electron chi connectivity index (χ3n) is 2.65. The van der Waals surface area contributed by atoms with Gasteiger partial charge < -0.3 is 9.73 Å². The fourth-order valence-corrected chi connectivity index (χ4v) is 2.52. The summed E-state index contributed by atoms with van der Waals surface area (Å²) in [5, 5.41) is 7.43. The fraction of sp³-hybridized carbons (Fsp3) is 0.385. The number of nitrogens with zero attached hydrogens (tertiary/aromatic N) is 1. The summed E-state index contributed by atoms with van der Waals surface area (Å²) in [5.74, 6) is 1.03. The molecule has 0 aromatic carbocycles. The van der Waals surface area contributed by atoms with E-state index in [1.807, 2.05) is 7.05 Å². The molecule has 2 aromatic rings. The highest BCUT2D eigenvalue weighted by molar-refractivity contribution is 7.07. The van der Waals surface area contributed by atoms with E-state index in [-0.39, 0.29) is 0 Å². The molecule has 3 nitrogen and oxygen atoms in total. The van der Waals surface area contributed by atoms with Crippen LogP contribution < -0.4 is 5.32 Å². The Hall–Kier alpha value is -1.10. The highest BCUT2D eigenvalue weighted by atomic mass is 32.1. The van der Waals surface area contributed by atoms with Gasteiger partial charge in [0.05, 0.1) is 12.8 Å². The molecule has 0 radical (unpaired) electrons. The van der Waals surface area contributed by atoms with Crippen LogP contribution in [0.5, 0.6) is 0 Å². The highest BCUT2D eigenvalue weighted by Gasteiger charge is 2.08. The van der Waals surface area contributed by atoms with E-state index >= 15 is 0 Å². The fourth-order valence-electron chi connectivity index (χ4n) is 1.86. The van der Waals surface area contributed by atoms with Crippen molar-refractivity contribution in [1.82, 2.24) is 10.2 Å². The molecule has 4 heteroatoms. The zero-order chi connectivity index (χ0) is 12.1. The highest BCUT2D eigenvalue weighted by Crippen LogP contribution is 2.15. The van der Waals surface area contributed by atoms with Crippen LogP contribution in [0.4, 0.5) is 0 Å². The van der Waals surface area contributed by atoms with Crippen LogP contribution in [0.2, 0.25) is 0 Å². The zero-order valence-electron chi connectivity index (χ0n) is 10.3. The molecule has 1 N–H and O–H groups in total. The second-order valence-electron chi connectivity index (χ2n) is 4.20. The van der Waals surface area contributed by atoms with Gasteiger partial charge in [0.15, 0.2) is 0 Å². The molecule has 2 heterocycles. The molecular formula is C13H18N2OS. The van der Waals surface area contributed by atoms with Crippen molar-refractivity contribution in [2.75, 3.05) is 14.1 Å². The monoisotopic (exact) mass is 250 g/mol. The maximum absolute atomic E-state index is 5.45. The Labute approximate surface area is 106 Å². The summed E-state index contributed by atoms with van der Waals surface area (Å²) in [7, 11) is 4.06. The summed E-state index contributed by atoms with van der Waals surface area (Å²) in [4.78, 5) is 2.30. The van der Waals surface area contributed by atoms with E-state index in [1.54, 1.807) is 17.6 Å².